The van der Waals surface area contributed by atoms with Crippen molar-refractivity contribution in [2.45, 2.75) is 105 Å². The van der Waals surface area contributed by atoms with Gasteiger partial charge in [0.25, 0.3) is 0 Å². The Morgan fingerprint density at radius 2 is 0.917 bits per heavy atom. The SMILES string of the molecule is CCCCCCCCN(CCCCCCCC)C(=O)N(CC)CC. The molecule has 0 bridgehead atoms. The Labute approximate surface area is 152 Å². The maximum atomic E-state index is 12.7. The topological polar surface area (TPSA) is 23.6 Å². The third-order valence-electron chi connectivity index (χ3n) is 4.87. The van der Waals surface area contributed by atoms with Crippen molar-refractivity contribution in [2.75, 3.05) is 26.2 Å². The fourth-order valence-electron chi connectivity index (χ4n) is 3.16. The van der Waals surface area contributed by atoms with Crippen molar-refractivity contribution in [3.8, 4) is 0 Å². The summed E-state index contributed by atoms with van der Waals surface area (Å²) in [5.41, 5.74) is 0. The van der Waals surface area contributed by atoms with Gasteiger partial charge in [0.05, 0.1) is 0 Å². The quantitative estimate of drug-likeness (QED) is 0.295. The lowest BCUT2D eigenvalue weighted by molar-refractivity contribution is 0.155. The minimum atomic E-state index is 0.252. The molecule has 2 amide bonds. The lowest BCUT2D eigenvalue weighted by Crippen LogP contribution is -2.44. The van der Waals surface area contributed by atoms with Crippen molar-refractivity contribution in [2.24, 2.45) is 0 Å². The summed E-state index contributed by atoms with van der Waals surface area (Å²) in [6, 6.07) is 0.252. The van der Waals surface area contributed by atoms with E-state index in [1.807, 2.05) is 4.90 Å². The smallest absolute Gasteiger partial charge is 0.319 e. The van der Waals surface area contributed by atoms with Crippen molar-refractivity contribution < 1.29 is 4.79 Å². The standard InChI is InChI=1S/C21H44N2O/c1-5-9-11-13-15-17-19-23(21(24)22(7-3)8-4)20-18-16-14-12-10-6-2/h5-20H2,1-4H3. The number of nitrogens with zero attached hydrogens (tertiary/aromatic N) is 2. The summed E-state index contributed by atoms with van der Waals surface area (Å²) in [7, 11) is 0. The molecule has 0 saturated heterocycles. The van der Waals surface area contributed by atoms with Crippen molar-refractivity contribution in [1.29, 1.82) is 0 Å². The molecule has 0 rings (SSSR count). The fourth-order valence-corrected chi connectivity index (χ4v) is 3.16. The van der Waals surface area contributed by atoms with Crippen LogP contribution in [0.4, 0.5) is 4.79 Å². The van der Waals surface area contributed by atoms with E-state index in [0.29, 0.717) is 0 Å². The van der Waals surface area contributed by atoms with Gasteiger partial charge in [-0.25, -0.2) is 4.79 Å². The summed E-state index contributed by atoms with van der Waals surface area (Å²) < 4.78 is 0. The second-order valence-electron chi connectivity index (χ2n) is 6.98. The zero-order valence-electron chi connectivity index (χ0n) is 17.1. The van der Waals surface area contributed by atoms with Crippen LogP contribution in [0.5, 0.6) is 0 Å². The van der Waals surface area contributed by atoms with Crippen LogP contribution in [0.15, 0.2) is 0 Å². The molecule has 3 nitrogen and oxygen atoms in total. The van der Waals surface area contributed by atoms with Crippen molar-refractivity contribution in [3.05, 3.63) is 0 Å². The molecule has 0 saturated carbocycles. The molecule has 0 aliphatic rings. The van der Waals surface area contributed by atoms with E-state index < -0.39 is 0 Å². The van der Waals surface area contributed by atoms with Crippen LogP contribution in [0, 0.1) is 0 Å². The lowest BCUT2D eigenvalue weighted by atomic mass is 10.1. The van der Waals surface area contributed by atoms with Crippen LogP contribution in [-0.2, 0) is 0 Å². The molecule has 144 valence electrons. The van der Waals surface area contributed by atoms with Gasteiger partial charge in [-0.1, -0.05) is 78.1 Å². The van der Waals surface area contributed by atoms with E-state index in [1.54, 1.807) is 0 Å². The number of urea groups is 1. The maximum Gasteiger partial charge on any atom is 0.319 e. The number of hydrogen-bond acceptors (Lipinski definition) is 1. The zero-order valence-corrected chi connectivity index (χ0v) is 17.1. The molecule has 0 spiro atoms. The summed E-state index contributed by atoms with van der Waals surface area (Å²) in [6.07, 6.45) is 15.5. The molecule has 0 radical (unpaired) electrons. The monoisotopic (exact) mass is 340 g/mol. The van der Waals surface area contributed by atoms with Crippen LogP contribution in [0.25, 0.3) is 0 Å². The van der Waals surface area contributed by atoms with E-state index in [9.17, 15) is 4.79 Å². The minimum absolute atomic E-state index is 0.252. The second kappa shape index (κ2) is 17.1. The molecule has 0 atom stereocenters. The zero-order chi connectivity index (χ0) is 18.0. The highest BCUT2D eigenvalue weighted by molar-refractivity contribution is 5.74. The van der Waals surface area contributed by atoms with E-state index in [2.05, 4.69) is 32.6 Å². The van der Waals surface area contributed by atoms with Gasteiger partial charge in [-0.2, -0.15) is 0 Å². The summed E-state index contributed by atoms with van der Waals surface area (Å²) in [5, 5.41) is 0. The highest BCUT2D eigenvalue weighted by atomic mass is 16.2. The Morgan fingerprint density at radius 3 is 1.29 bits per heavy atom. The van der Waals surface area contributed by atoms with Crippen LogP contribution in [0.3, 0.4) is 0 Å². The van der Waals surface area contributed by atoms with E-state index in [-0.39, 0.29) is 6.03 Å². The molecule has 3 heteroatoms. The van der Waals surface area contributed by atoms with E-state index in [1.165, 1.54) is 64.2 Å². The predicted molar refractivity (Wildman–Crippen MR) is 107 cm³/mol. The molecule has 0 aromatic rings. The summed E-state index contributed by atoms with van der Waals surface area (Å²) >= 11 is 0. The Morgan fingerprint density at radius 1 is 0.542 bits per heavy atom. The van der Waals surface area contributed by atoms with Gasteiger partial charge in [-0.3, -0.25) is 0 Å². The van der Waals surface area contributed by atoms with E-state index in [4.69, 9.17) is 0 Å². The molecule has 0 aromatic heterocycles. The molecule has 0 heterocycles. The van der Waals surface area contributed by atoms with Crippen LogP contribution in [0.1, 0.15) is 105 Å². The first-order valence-electron chi connectivity index (χ1n) is 10.7. The van der Waals surface area contributed by atoms with E-state index in [0.717, 1.165) is 39.0 Å². The van der Waals surface area contributed by atoms with Crippen molar-refractivity contribution in [3.63, 3.8) is 0 Å². The Kier molecular flexibility index (Phi) is 16.6. The number of carbonyl (C=O) groups is 1. The first-order valence-corrected chi connectivity index (χ1v) is 10.7. The normalized spacial score (nSPS) is 10.8. The maximum absolute atomic E-state index is 12.7. The predicted octanol–water partition coefficient (Wildman–Crippen LogP) is 6.47. The third-order valence-corrected chi connectivity index (χ3v) is 4.87. The third kappa shape index (κ3) is 11.8. The molecule has 0 N–H and O–H groups in total. The van der Waals surface area contributed by atoms with Crippen LogP contribution >= 0.6 is 0 Å². The molecule has 0 aromatic carbocycles. The number of amides is 2. The number of carbonyl (C=O) groups excluding carboxylic acids is 1. The van der Waals surface area contributed by atoms with Gasteiger partial charge in [0, 0.05) is 26.2 Å². The van der Waals surface area contributed by atoms with Gasteiger partial charge in [-0.05, 0) is 26.7 Å². The summed E-state index contributed by atoms with van der Waals surface area (Å²) in [4.78, 5) is 16.8. The Balaban J connectivity index is 4.16. The fraction of sp³-hybridized carbons (Fsp3) is 0.952. The molecule has 24 heavy (non-hydrogen) atoms. The van der Waals surface area contributed by atoms with Gasteiger partial charge < -0.3 is 9.80 Å². The largest absolute Gasteiger partial charge is 0.325 e. The summed E-state index contributed by atoms with van der Waals surface area (Å²) in [5.74, 6) is 0. The minimum Gasteiger partial charge on any atom is -0.325 e. The highest BCUT2D eigenvalue weighted by Crippen LogP contribution is 2.10. The molecule has 0 aliphatic carbocycles. The average Bonchev–Trinajstić information content (AvgIpc) is 2.60. The molecule has 0 fully saturated rings. The molecular formula is C21H44N2O. The Hall–Kier alpha value is -0.730. The van der Waals surface area contributed by atoms with Crippen LogP contribution in [0.2, 0.25) is 0 Å². The first-order chi connectivity index (χ1) is 11.7. The molecular weight excluding hydrogens is 296 g/mol. The van der Waals surface area contributed by atoms with Crippen molar-refractivity contribution >= 4 is 6.03 Å². The van der Waals surface area contributed by atoms with E-state index >= 15 is 0 Å². The van der Waals surface area contributed by atoms with Crippen molar-refractivity contribution in [1.82, 2.24) is 9.80 Å². The van der Waals surface area contributed by atoms with Gasteiger partial charge in [0.15, 0.2) is 0 Å². The average molecular weight is 341 g/mol. The number of unbranched alkanes of at least 4 members (excludes halogenated alkanes) is 10. The number of hydrogen-bond donors (Lipinski definition) is 0. The Bertz CT molecular complexity index is 261. The van der Waals surface area contributed by atoms with Gasteiger partial charge >= 0.3 is 6.03 Å². The number of rotatable bonds is 16. The van der Waals surface area contributed by atoms with Gasteiger partial charge in [0.2, 0.25) is 0 Å². The van der Waals surface area contributed by atoms with Crippen LogP contribution < -0.4 is 0 Å². The summed E-state index contributed by atoms with van der Waals surface area (Å²) in [6.45, 7) is 12.2. The van der Waals surface area contributed by atoms with Gasteiger partial charge in [0.1, 0.15) is 0 Å². The van der Waals surface area contributed by atoms with Crippen LogP contribution in [-0.4, -0.2) is 42.0 Å². The lowest BCUT2D eigenvalue weighted by Gasteiger charge is -2.29. The molecule has 0 unspecified atom stereocenters. The highest BCUT2D eigenvalue weighted by Gasteiger charge is 2.17. The second-order valence-corrected chi connectivity index (χ2v) is 6.98. The molecule has 0 aliphatic heterocycles. The first kappa shape index (κ1) is 23.3. The van der Waals surface area contributed by atoms with Gasteiger partial charge in [-0.15, -0.1) is 0 Å².